The minimum absolute atomic E-state index is 0.188. The predicted molar refractivity (Wildman–Crippen MR) is 89.4 cm³/mol. The van der Waals surface area contributed by atoms with E-state index < -0.39 is 11.9 Å². The van der Waals surface area contributed by atoms with E-state index in [4.69, 9.17) is 9.84 Å². The largest absolute Gasteiger partial charge is 0.481 e. The Balaban J connectivity index is 1.51. The van der Waals surface area contributed by atoms with E-state index in [1.807, 2.05) is 30.0 Å². The maximum atomic E-state index is 12.0. The average Bonchev–Trinajstić information content (AvgIpc) is 3.35. The second-order valence-corrected chi connectivity index (χ2v) is 7.39. The molecule has 2 unspecified atom stereocenters. The molecule has 1 aliphatic heterocycles. The first-order chi connectivity index (χ1) is 11.1. The molecule has 2 aliphatic rings. The maximum Gasteiger partial charge on any atom is 0.307 e. The first kappa shape index (κ1) is 16.3. The highest BCUT2D eigenvalue weighted by molar-refractivity contribution is 7.99. The summed E-state index contributed by atoms with van der Waals surface area (Å²) in [6.45, 7) is 1.69. The molecular formula is C17H21NO4S. The van der Waals surface area contributed by atoms with Gasteiger partial charge in [-0.05, 0) is 37.0 Å². The third-order valence-electron chi connectivity index (χ3n) is 4.29. The van der Waals surface area contributed by atoms with Crippen LogP contribution in [0, 0.1) is 11.8 Å². The summed E-state index contributed by atoms with van der Waals surface area (Å²) in [5.74, 6) is -1.05. The number of benzene rings is 1. The minimum atomic E-state index is -0.883. The molecule has 0 spiro atoms. The highest BCUT2D eigenvalue weighted by Gasteiger charge is 2.48. The third-order valence-corrected chi connectivity index (χ3v) is 5.74. The van der Waals surface area contributed by atoms with E-state index in [0.717, 1.165) is 37.5 Å². The van der Waals surface area contributed by atoms with E-state index in [1.165, 1.54) is 5.56 Å². The smallest absolute Gasteiger partial charge is 0.307 e. The van der Waals surface area contributed by atoms with E-state index in [0.29, 0.717) is 11.7 Å². The molecule has 1 aromatic carbocycles. The lowest BCUT2D eigenvalue weighted by molar-refractivity contribution is -0.139. The standard InChI is InChI=1S/C17H21NO4S/c19-16(14-9-15(14)17(20)21)18-12-3-1-2-11(8-12)10-23-13-4-6-22-7-5-13/h1-3,8,13-15H,4-7,9-10H2,(H,18,19)(H,20,21). The van der Waals surface area contributed by atoms with Crippen LogP contribution in [-0.2, 0) is 20.1 Å². The van der Waals surface area contributed by atoms with Crippen molar-refractivity contribution in [2.24, 2.45) is 11.8 Å². The number of ether oxygens (including phenoxy) is 1. The van der Waals surface area contributed by atoms with Crippen molar-refractivity contribution in [3.05, 3.63) is 29.8 Å². The van der Waals surface area contributed by atoms with Gasteiger partial charge in [0.05, 0.1) is 11.8 Å². The van der Waals surface area contributed by atoms with Crippen molar-refractivity contribution in [1.82, 2.24) is 0 Å². The fourth-order valence-electron chi connectivity index (χ4n) is 2.79. The fraction of sp³-hybridized carbons (Fsp3) is 0.529. The monoisotopic (exact) mass is 335 g/mol. The Morgan fingerprint density at radius 1 is 1.26 bits per heavy atom. The Hall–Kier alpha value is -1.53. The maximum absolute atomic E-state index is 12.0. The molecule has 1 amide bonds. The van der Waals surface area contributed by atoms with Gasteiger partial charge in [0.1, 0.15) is 0 Å². The highest BCUT2D eigenvalue weighted by Crippen LogP contribution is 2.39. The van der Waals surface area contributed by atoms with E-state index in [1.54, 1.807) is 0 Å². The van der Waals surface area contributed by atoms with Crippen molar-refractivity contribution in [2.45, 2.75) is 30.3 Å². The van der Waals surface area contributed by atoms with Crippen LogP contribution in [0.2, 0.25) is 0 Å². The minimum Gasteiger partial charge on any atom is -0.481 e. The van der Waals surface area contributed by atoms with Crippen LogP contribution in [0.3, 0.4) is 0 Å². The van der Waals surface area contributed by atoms with Crippen LogP contribution in [0.25, 0.3) is 0 Å². The Labute approximate surface area is 139 Å². The number of carboxylic acid groups (broad SMARTS) is 1. The lowest BCUT2D eigenvalue weighted by Crippen LogP contribution is -2.17. The molecule has 2 atom stereocenters. The predicted octanol–water partition coefficient (Wildman–Crippen LogP) is 2.76. The van der Waals surface area contributed by atoms with Crippen molar-refractivity contribution >= 4 is 29.3 Å². The molecule has 1 saturated carbocycles. The summed E-state index contributed by atoms with van der Waals surface area (Å²) in [4.78, 5) is 22.8. The van der Waals surface area contributed by atoms with Gasteiger partial charge in [0.25, 0.3) is 0 Å². The van der Waals surface area contributed by atoms with Crippen LogP contribution in [0.5, 0.6) is 0 Å². The zero-order chi connectivity index (χ0) is 16.2. The molecule has 6 heteroatoms. The van der Waals surface area contributed by atoms with Crippen LogP contribution < -0.4 is 5.32 Å². The van der Waals surface area contributed by atoms with Crippen LogP contribution >= 0.6 is 11.8 Å². The van der Waals surface area contributed by atoms with E-state index in [9.17, 15) is 9.59 Å². The summed E-state index contributed by atoms with van der Waals surface area (Å²) in [5, 5.41) is 12.4. The van der Waals surface area contributed by atoms with Crippen molar-refractivity contribution in [1.29, 1.82) is 0 Å². The molecule has 3 rings (SSSR count). The number of hydrogen-bond donors (Lipinski definition) is 2. The molecule has 23 heavy (non-hydrogen) atoms. The van der Waals surface area contributed by atoms with E-state index in [2.05, 4.69) is 11.4 Å². The van der Waals surface area contributed by atoms with Crippen molar-refractivity contribution in [2.75, 3.05) is 18.5 Å². The zero-order valence-electron chi connectivity index (χ0n) is 12.9. The molecule has 1 aliphatic carbocycles. The SMILES string of the molecule is O=C(O)C1CC1C(=O)Nc1cccc(CSC2CCOCC2)c1. The molecule has 5 nitrogen and oxygen atoms in total. The summed E-state index contributed by atoms with van der Waals surface area (Å²) >= 11 is 1.93. The molecule has 0 bridgehead atoms. The number of nitrogens with one attached hydrogen (secondary N) is 1. The number of carbonyl (C=O) groups is 2. The number of carboxylic acids is 1. The van der Waals surface area contributed by atoms with Gasteiger partial charge >= 0.3 is 5.97 Å². The van der Waals surface area contributed by atoms with Crippen LogP contribution in [0.15, 0.2) is 24.3 Å². The fourth-order valence-corrected chi connectivity index (χ4v) is 3.92. The molecule has 0 aromatic heterocycles. The molecule has 124 valence electrons. The Kier molecular flexibility index (Phi) is 5.23. The number of thioether (sulfide) groups is 1. The van der Waals surface area contributed by atoms with Crippen LogP contribution in [-0.4, -0.2) is 35.4 Å². The Bertz CT molecular complexity index is 586. The Morgan fingerprint density at radius 3 is 2.74 bits per heavy atom. The highest BCUT2D eigenvalue weighted by atomic mass is 32.2. The second kappa shape index (κ2) is 7.36. The first-order valence-corrected chi connectivity index (χ1v) is 9.00. The van der Waals surface area contributed by atoms with Gasteiger partial charge in [-0.2, -0.15) is 11.8 Å². The zero-order valence-corrected chi connectivity index (χ0v) is 13.7. The number of aliphatic carboxylic acids is 1. The van der Waals surface area contributed by atoms with Crippen molar-refractivity contribution in [3.63, 3.8) is 0 Å². The van der Waals surface area contributed by atoms with Gasteiger partial charge in [0.2, 0.25) is 5.91 Å². The molecule has 1 aromatic rings. The van der Waals surface area contributed by atoms with Gasteiger partial charge in [-0.15, -0.1) is 0 Å². The van der Waals surface area contributed by atoms with Gasteiger partial charge in [-0.3, -0.25) is 9.59 Å². The van der Waals surface area contributed by atoms with E-state index in [-0.39, 0.29) is 11.8 Å². The summed E-state index contributed by atoms with van der Waals surface area (Å²) in [7, 11) is 0. The van der Waals surface area contributed by atoms with Crippen molar-refractivity contribution < 1.29 is 19.4 Å². The topological polar surface area (TPSA) is 75.6 Å². The molecule has 2 N–H and O–H groups in total. The third kappa shape index (κ3) is 4.48. The van der Waals surface area contributed by atoms with Gasteiger partial charge < -0.3 is 15.2 Å². The molecule has 1 saturated heterocycles. The summed E-state index contributed by atoms with van der Waals surface area (Å²) in [5.41, 5.74) is 1.92. The number of hydrogen-bond acceptors (Lipinski definition) is 4. The van der Waals surface area contributed by atoms with Crippen LogP contribution in [0.1, 0.15) is 24.8 Å². The molecular weight excluding hydrogens is 314 g/mol. The van der Waals surface area contributed by atoms with E-state index >= 15 is 0 Å². The number of carbonyl (C=O) groups excluding carboxylic acids is 1. The number of amides is 1. The van der Waals surface area contributed by atoms with Crippen molar-refractivity contribution in [3.8, 4) is 0 Å². The summed E-state index contributed by atoms with van der Waals surface area (Å²) in [6.07, 6.45) is 2.64. The average molecular weight is 335 g/mol. The number of anilines is 1. The molecule has 2 fully saturated rings. The second-order valence-electron chi connectivity index (χ2n) is 6.10. The lowest BCUT2D eigenvalue weighted by Gasteiger charge is -2.21. The quantitative estimate of drug-likeness (QED) is 0.836. The van der Waals surface area contributed by atoms with Gasteiger partial charge in [-0.1, -0.05) is 12.1 Å². The van der Waals surface area contributed by atoms with Gasteiger partial charge in [0, 0.05) is 29.9 Å². The summed E-state index contributed by atoms with van der Waals surface area (Å²) in [6, 6.07) is 7.80. The summed E-state index contributed by atoms with van der Waals surface area (Å²) < 4.78 is 5.37. The first-order valence-electron chi connectivity index (χ1n) is 7.95. The number of rotatable bonds is 6. The Morgan fingerprint density at radius 2 is 2.04 bits per heavy atom. The normalized spacial score (nSPS) is 24.2. The van der Waals surface area contributed by atoms with Crippen LogP contribution in [0.4, 0.5) is 5.69 Å². The van der Waals surface area contributed by atoms with Gasteiger partial charge in [-0.25, -0.2) is 0 Å². The lowest BCUT2D eigenvalue weighted by atomic mass is 10.2. The molecule has 0 radical (unpaired) electrons. The molecule has 1 heterocycles. The van der Waals surface area contributed by atoms with Gasteiger partial charge in [0.15, 0.2) is 0 Å².